The smallest absolute Gasteiger partial charge is 0.0717 e. The van der Waals surface area contributed by atoms with Crippen molar-refractivity contribution < 1.29 is 4.74 Å². The zero-order chi connectivity index (χ0) is 21.4. The number of rotatable bonds is 12. The molecule has 0 N–H and O–H groups in total. The molecule has 0 heterocycles. The van der Waals surface area contributed by atoms with Crippen molar-refractivity contribution >= 4 is 0 Å². The van der Waals surface area contributed by atoms with Gasteiger partial charge in [0.25, 0.3) is 0 Å². The number of hydrogen-bond donors (Lipinski definition) is 0. The molecule has 0 unspecified atom stereocenters. The lowest BCUT2D eigenvalue weighted by Crippen LogP contribution is -2.42. The predicted molar refractivity (Wildman–Crippen MR) is 129 cm³/mol. The third kappa shape index (κ3) is 5.84. The second kappa shape index (κ2) is 10.7. The molecule has 0 aromatic heterocycles. The molecule has 1 aliphatic rings. The molecule has 3 aromatic carbocycles. The van der Waals surface area contributed by atoms with Crippen LogP contribution < -0.4 is 0 Å². The van der Waals surface area contributed by atoms with Gasteiger partial charge in [-0.1, -0.05) is 111 Å². The van der Waals surface area contributed by atoms with Gasteiger partial charge < -0.3 is 4.74 Å². The summed E-state index contributed by atoms with van der Waals surface area (Å²) in [6, 6.07) is 32.3. The van der Waals surface area contributed by atoms with E-state index in [1.807, 2.05) is 0 Å². The molecule has 31 heavy (non-hydrogen) atoms. The van der Waals surface area contributed by atoms with Crippen LogP contribution in [-0.2, 0) is 24.4 Å². The highest BCUT2D eigenvalue weighted by Crippen LogP contribution is 2.52. The van der Waals surface area contributed by atoms with Gasteiger partial charge >= 0.3 is 0 Å². The summed E-state index contributed by atoms with van der Waals surface area (Å²) < 4.78 is 6.37. The van der Waals surface area contributed by atoms with Gasteiger partial charge in [-0.25, -0.2) is 0 Å². The minimum Gasteiger partial charge on any atom is -0.375 e. The average molecular weight is 414 g/mol. The van der Waals surface area contributed by atoms with Gasteiger partial charge in [-0.15, -0.1) is 0 Å². The van der Waals surface area contributed by atoms with E-state index in [4.69, 9.17) is 4.74 Å². The van der Waals surface area contributed by atoms with Crippen LogP contribution in [0.15, 0.2) is 91.0 Å². The first-order valence-electron chi connectivity index (χ1n) is 11.7. The summed E-state index contributed by atoms with van der Waals surface area (Å²) in [5.41, 5.74) is 4.14. The van der Waals surface area contributed by atoms with Crippen LogP contribution >= 0.6 is 0 Å². The second-order valence-corrected chi connectivity index (χ2v) is 8.95. The highest BCUT2D eigenvalue weighted by Gasteiger charge is 2.57. The molecule has 0 bridgehead atoms. The maximum Gasteiger partial charge on any atom is 0.0717 e. The lowest BCUT2D eigenvalue weighted by molar-refractivity contribution is 0.0208. The molecular weight excluding hydrogens is 378 g/mol. The van der Waals surface area contributed by atoms with Crippen molar-refractivity contribution in [2.45, 2.75) is 57.8 Å². The summed E-state index contributed by atoms with van der Waals surface area (Å²) in [5.74, 6) is 0.718. The molecule has 0 spiro atoms. The van der Waals surface area contributed by atoms with E-state index in [9.17, 15) is 0 Å². The Morgan fingerprint density at radius 3 is 1.81 bits per heavy atom. The fourth-order valence-electron chi connectivity index (χ4n) is 4.74. The van der Waals surface area contributed by atoms with Gasteiger partial charge in [0.15, 0.2) is 0 Å². The van der Waals surface area contributed by atoms with Gasteiger partial charge in [-0.2, -0.15) is 0 Å². The zero-order valence-corrected chi connectivity index (χ0v) is 18.7. The molecule has 2 heteroatoms. The van der Waals surface area contributed by atoms with Crippen LogP contribution in [0.25, 0.3) is 0 Å². The van der Waals surface area contributed by atoms with Crippen molar-refractivity contribution in [3.8, 4) is 0 Å². The van der Waals surface area contributed by atoms with E-state index in [0.29, 0.717) is 6.61 Å². The quantitative estimate of drug-likeness (QED) is 0.322. The fourth-order valence-corrected chi connectivity index (χ4v) is 4.74. The van der Waals surface area contributed by atoms with E-state index < -0.39 is 0 Å². The Morgan fingerprint density at radius 1 is 0.774 bits per heavy atom. The molecule has 4 rings (SSSR count). The Bertz CT molecular complexity index is 854. The number of ether oxygens (including phenoxy) is 1. The normalized spacial score (nSPS) is 20.1. The van der Waals surface area contributed by atoms with E-state index in [0.717, 1.165) is 25.6 Å². The number of unbranched alkanes of at least 4 members (excludes halogenated alkanes) is 1. The molecule has 1 aliphatic carbocycles. The Hall–Kier alpha value is -2.42. The zero-order valence-electron chi connectivity index (χ0n) is 18.7. The minimum absolute atomic E-state index is 0.135. The Kier molecular flexibility index (Phi) is 7.56. The Labute approximate surface area is 187 Å². The summed E-state index contributed by atoms with van der Waals surface area (Å²) in [6.45, 7) is 5.71. The molecular formula is C29H35NO. The van der Waals surface area contributed by atoms with Gasteiger partial charge in [0.05, 0.1) is 13.2 Å². The molecule has 2 atom stereocenters. The predicted octanol–water partition coefficient (Wildman–Crippen LogP) is 6.85. The van der Waals surface area contributed by atoms with Crippen molar-refractivity contribution in [2.24, 2.45) is 5.92 Å². The highest BCUT2D eigenvalue weighted by atomic mass is 16.5. The largest absolute Gasteiger partial charge is 0.375 e. The molecule has 162 valence electrons. The average Bonchev–Trinajstić information content (AvgIpc) is 3.53. The van der Waals surface area contributed by atoms with Crippen molar-refractivity contribution in [1.29, 1.82) is 0 Å². The van der Waals surface area contributed by atoms with Crippen LogP contribution in [0.5, 0.6) is 0 Å². The molecule has 1 fully saturated rings. The van der Waals surface area contributed by atoms with Gasteiger partial charge in [-0.05, 0) is 35.4 Å². The maximum absolute atomic E-state index is 6.37. The molecule has 0 aliphatic heterocycles. The Balaban J connectivity index is 1.53. The number of hydrogen-bond acceptors (Lipinski definition) is 2. The van der Waals surface area contributed by atoms with Gasteiger partial charge in [-0.3, -0.25) is 4.90 Å². The second-order valence-electron chi connectivity index (χ2n) is 8.95. The van der Waals surface area contributed by atoms with E-state index in [-0.39, 0.29) is 5.54 Å². The monoisotopic (exact) mass is 413 g/mol. The topological polar surface area (TPSA) is 12.5 Å². The van der Waals surface area contributed by atoms with Crippen LogP contribution in [0.4, 0.5) is 0 Å². The van der Waals surface area contributed by atoms with Crippen LogP contribution in [0.1, 0.15) is 49.3 Å². The summed E-state index contributed by atoms with van der Waals surface area (Å²) >= 11 is 0. The molecule has 2 nitrogen and oxygen atoms in total. The third-order valence-electron chi connectivity index (χ3n) is 6.63. The third-order valence-corrected chi connectivity index (χ3v) is 6.63. The summed E-state index contributed by atoms with van der Waals surface area (Å²) in [6.07, 6.45) is 5.09. The lowest BCUT2D eigenvalue weighted by atomic mass is 10.0. The van der Waals surface area contributed by atoms with Crippen molar-refractivity contribution in [1.82, 2.24) is 4.90 Å². The standard InChI is InChI=1S/C29H35NO/c1-2-3-19-28-20-29(28,24-31-23-27-17-11-6-12-18-27)30(21-25-13-7-4-8-14-25)22-26-15-9-5-10-16-26/h4-18,28H,2-3,19-24H2,1H3/t28-,29-/m0/s1. The van der Waals surface area contributed by atoms with E-state index in [1.54, 1.807) is 0 Å². The first kappa shape index (κ1) is 21.8. The van der Waals surface area contributed by atoms with Crippen LogP contribution in [0.2, 0.25) is 0 Å². The van der Waals surface area contributed by atoms with Crippen molar-refractivity contribution in [2.75, 3.05) is 6.61 Å². The molecule has 0 radical (unpaired) electrons. The summed E-state index contributed by atoms with van der Waals surface area (Å²) in [4.78, 5) is 2.70. The lowest BCUT2D eigenvalue weighted by Gasteiger charge is -2.34. The first-order chi connectivity index (χ1) is 15.3. The highest BCUT2D eigenvalue weighted by molar-refractivity contribution is 5.21. The first-order valence-corrected chi connectivity index (χ1v) is 11.7. The molecule has 0 amide bonds. The summed E-state index contributed by atoms with van der Waals surface area (Å²) in [7, 11) is 0. The number of nitrogens with zero attached hydrogens (tertiary/aromatic N) is 1. The minimum atomic E-state index is 0.135. The van der Waals surface area contributed by atoms with E-state index in [2.05, 4.69) is 103 Å². The van der Waals surface area contributed by atoms with Crippen molar-refractivity contribution in [3.05, 3.63) is 108 Å². The van der Waals surface area contributed by atoms with Gasteiger partial charge in [0.2, 0.25) is 0 Å². The fraction of sp³-hybridized carbons (Fsp3) is 0.379. The molecule has 1 saturated carbocycles. The SMILES string of the molecule is CCCC[C@H]1C[C@@]1(COCc1ccccc1)N(Cc1ccccc1)Cc1ccccc1. The summed E-state index contributed by atoms with van der Waals surface area (Å²) in [5, 5.41) is 0. The van der Waals surface area contributed by atoms with Crippen molar-refractivity contribution in [3.63, 3.8) is 0 Å². The van der Waals surface area contributed by atoms with Gasteiger partial charge in [0, 0.05) is 18.6 Å². The van der Waals surface area contributed by atoms with Crippen LogP contribution in [-0.4, -0.2) is 17.0 Å². The van der Waals surface area contributed by atoms with E-state index >= 15 is 0 Å². The van der Waals surface area contributed by atoms with Crippen LogP contribution in [0, 0.1) is 5.92 Å². The van der Waals surface area contributed by atoms with Crippen LogP contribution in [0.3, 0.4) is 0 Å². The van der Waals surface area contributed by atoms with E-state index in [1.165, 1.54) is 42.4 Å². The maximum atomic E-state index is 6.37. The Morgan fingerprint density at radius 2 is 1.29 bits per heavy atom. The molecule has 3 aromatic rings. The van der Waals surface area contributed by atoms with Gasteiger partial charge in [0.1, 0.15) is 0 Å². The number of benzene rings is 3. The molecule has 0 saturated heterocycles.